The summed E-state index contributed by atoms with van der Waals surface area (Å²) in [7, 11) is 3.20. The van der Waals surface area contributed by atoms with Crippen LogP contribution in [0.3, 0.4) is 0 Å². The van der Waals surface area contributed by atoms with Crippen molar-refractivity contribution >= 4 is 0 Å². The summed E-state index contributed by atoms with van der Waals surface area (Å²) >= 11 is 0. The van der Waals surface area contributed by atoms with Crippen molar-refractivity contribution in [2.75, 3.05) is 0 Å². The van der Waals surface area contributed by atoms with Crippen LogP contribution in [0.4, 0.5) is 0 Å². The predicted molar refractivity (Wildman–Crippen MR) is 32.3 cm³/mol. The maximum Gasteiger partial charge on any atom is 0.336 e. The lowest BCUT2D eigenvalue weighted by molar-refractivity contribution is -0.718. The first-order valence-electron chi connectivity index (χ1n) is 2.84. The molecule has 1 aromatic rings. The van der Waals surface area contributed by atoms with Gasteiger partial charge < -0.3 is 5.11 Å². The van der Waals surface area contributed by atoms with Gasteiger partial charge in [-0.1, -0.05) is 0 Å². The minimum atomic E-state index is -0.275. The fourth-order valence-electron chi connectivity index (χ4n) is 0.683. The summed E-state index contributed by atoms with van der Waals surface area (Å²) in [5.41, 5.74) is -0.275. The minimum Gasteiger partial charge on any atom is -0.842 e. The SMILES string of the molecule is Cn1c[n+](C)c([O-])cc1=O. The molecule has 0 radical (unpaired) electrons. The zero-order chi connectivity index (χ0) is 7.72. The quantitative estimate of drug-likeness (QED) is 0.403. The number of nitrogens with zero attached hydrogens (tertiary/aromatic N) is 2. The normalized spacial score (nSPS) is 9.80. The monoisotopic (exact) mass is 140 g/mol. The van der Waals surface area contributed by atoms with E-state index < -0.39 is 0 Å². The molecule has 1 heterocycles. The number of hydrogen-bond donors (Lipinski definition) is 0. The molecule has 0 fully saturated rings. The van der Waals surface area contributed by atoms with Gasteiger partial charge in [-0.25, -0.2) is 13.9 Å². The second-order valence-electron chi connectivity index (χ2n) is 2.16. The molecule has 0 aliphatic carbocycles. The van der Waals surface area contributed by atoms with Gasteiger partial charge in [-0.3, -0.25) is 0 Å². The van der Waals surface area contributed by atoms with Crippen molar-refractivity contribution in [1.82, 2.24) is 4.57 Å². The molecule has 1 aromatic heterocycles. The van der Waals surface area contributed by atoms with Crippen LogP contribution in [0.5, 0.6) is 5.88 Å². The minimum absolute atomic E-state index is 0.275. The maximum atomic E-state index is 10.7. The molecule has 0 bridgehead atoms. The van der Waals surface area contributed by atoms with Crippen molar-refractivity contribution in [1.29, 1.82) is 0 Å². The van der Waals surface area contributed by atoms with Gasteiger partial charge >= 0.3 is 5.56 Å². The van der Waals surface area contributed by atoms with E-state index in [-0.39, 0.29) is 11.4 Å². The van der Waals surface area contributed by atoms with Gasteiger partial charge in [0.2, 0.25) is 6.33 Å². The van der Waals surface area contributed by atoms with Gasteiger partial charge in [0.05, 0.1) is 26.0 Å². The van der Waals surface area contributed by atoms with Crippen molar-refractivity contribution < 1.29 is 9.67 Å². The summed E-state index contributed by atoms with van der Waals surface area (Å²) in [5.74, 6) is -0.275. The van der Waals surface area contributed by atoms with Gasteiger partial charge in [0.25, 0.3) is 0 Å². The first kappa shape index (κ1) is 6.80. The van der Waals surface area contributed by atoms with E-state index in [1.54, 1.807) is 14.1 Å². The van der Waals surface area contributed by atoms with Crippen LogP contribution in [-0.4, -0.2) is 4.57 Å². The van der Waals surface area contributed by atoms with Crippen LogP contribution in [0.25, 0.3) is 0 Å². The number of aryl methyl sites for hydroxylation is 2. The third kappa shape index (κ3) is 1.00. The fraction of sp³-hybridized carbons (Fsp3) is 0.333. The molecular weight excluding hydrogens is 132 g/mol. The van der Waals surface area contributed by atoms with Gasteiger partial charge in [-0.15, -0.1) is 0 Å². The van der Waals surface area contributed by atoms with E-state index in [0.717, 1.165) is 6.07 Å². The Kier molecular flexibility index (Phi) is 1.45. The first-order chi connectivity index (χ1) is 4.61. The van der Waals surface area contributed by atoms with E-state index in [1.807, 2.05) is 0 Å². The van der Waals surface area contributed by atoms with Crippen LogP contribution in [-0.2, 0) is 14.1 Å². The molecule has 0 N–H and O–H groups in total. The predicted octanol–water partition coefficient (Wildman–Crippen LogP) is -1.72. The zero-order valence-corrected chi connectivity index (χ0v) is 5.87. The Labute approximate surface area is 58.0 Å². The van der Waals surface area contributed by atoms with Crippen LogP contribution >= 0.6 is 0 Å². The van der Waals surface area contributed by atoms with Gasteiger partial charge in [0.1, 0.15) is 0 Å². The number of rotatable bonds is 0. The molecule has 0 atom stereocenters. The molecule has 0 unspecified atom stereocenters. The van der Waals surface area contributed by atoms with E-state index in [9.17, 15) is 9.90 Å². The fourth-order valence-corrected chi connectivity index (χ4v) is 0.683. The first-order valence-corrected chi connectivity index (χ1v) is 2.84. The molecule has 0 saturated carbocycles. The summed E-state index contributed by atoms with van der Waals surface area (Å²) in [6.07, 6.45) is 1.45. The largest absolute Gasteiger partial charge is 0.842 e. The summed E-state index contributed by atoms with van der Waals surface area (Å²) < 4.78 is 2.70. The highest BCUT2D eigenvalue weighted by atomic mass is 16.3. The Balaban J connectivity index is 3.43. The Bertz CT molecular complexity index is 303. The second kappa shape index (κ2) is 2.13. The van der Waals surface area contributed by atoms with Crippen LogP contribution in [0.2, 0.25) is 0 Å². The van der Waals surface area contributed by atoms with Crippen molar-refractivity contribution in [3.8, 4) is 5.88 Å². The standard InChI is InChI=1S/C6H8N2O2/c1-7-4-8(2)6(10)3-5(7)9/h3-4H,1-2H3. The third-order valence-corrected chi connectivity index (χ3v) is 1.29. The number of aromatic nitrogens is 2. The second-order valence-corrected chi connectivity index (χ2v) is 2.16. The lowest BCUT2D eigenvalue weighted by atomic mass is 10.6. The summed E-state index contributed by atoms with van der Waals surface area (Å²) in [6.45, 7) is 0. The Hall–Kier alpha value is -1.32. The average Bonchev–Trinajstić information content (AvgIpc) is 1.84. The van der Waals surface area contributed by atoms with Crippen LogP contribution < -0.4 is 15.2 Å². The Morgan fingerprint density at radius 1 is 1.70 bits per heavy atom. The molecule has 0 amide bonds. The highest BCUT2D eigenvalue weighted by Gasteiger charge is 1.97. The van der Waals surface area contributed by atoms with Gasteiger partial charge in [0.15, 0.2) is 0 Å². The average molecular weight is 140 g/mol. The lowest BCUT2D eigenvalue weighted by Gasteiger charge is -2.03. The summed E-state index contributed by atoms with van der Waals surface area (Å²) in [5, 5.41) is 10.7. The lowest BCUT2D eigenvalue weighted by Crippen LogP contribution is -2.38. The zero-order valence-electron chi connectivity index (χ0n) is 5.87. The van der Waals surface area contributed by atoms with E-state index in [0.29, 0.717) is 0 Å². The highest BCUT2D eigenvalue weighted by Crippen LogP contribution is 1.83. The van der Waals surface area contributed by atoms with E-state index in [2.05, 4.69) is 0 Å². The highest BCUT2D eigenvalue weighted by molar-refractivity contribution is 4.93. The van der Waals surface area contributed by atoms with E-state index in [1.165, 1.54) is 15.5 Å². The smallest absolute Gasteiger partial charge is 0.336 e. The van der Waals surface area contributed by atoms with Crippen LogP contribution in [0.15, 0.2) is 17.2 Å². The molecule has 0 aliphatic rings. The molecule has 4 nitrogen and oxygen atoms in total. The molecule has 4 heteroatoms. The van der Waals surface area contributed by atoms with Crippen LogP contribution in [0.1, 0.15) is 0 Å². The molecule has 54 valence electrons. The number of hydrogen-bond acceptors (Lipinski definition) is 2. The molecule has 1 rings (SSSR count). The Morgan fingerprint density at radius 3 is 2.80 bits per heavy atom. The summed E-state index contributed by atoms with van der Waals surface area (Å²) in [6, 6.07) is 1.06. The maximum absolute atomic E-state index is 10.7. The van der Waals surface area contributed by atoms with Crippen molar-refractivity contribution in [3.63, 3.8) is 0 Å². The molecule has 0 aromatic carbocycles. The Morgan fingerprint density at radius 2 is 2.30 bits per heavy atom. The van der Waals surface area contributed by atoms with E-state index >= 15 is 0 Å². The summed E-state index contributed by atoms with van der Waals surface area (Å²) in [4.78, 5) is 10.7. The van der Waals surface area contributed by atoms with Crippen LogP contribution in [0, 0.1) is 0 Å². The van der Waals surface area contributed by atoms with Crippen molar-refractivity contribution in [3.05, 3.63) is 22.7 Å². The third-order valence-electron chi connectivity index (χ3n) is 1.29. The van der Waals surface area contributed by atoms with Gasteiger partial charge in [0, 0.05) is 0 Å². The molecular formula is C6H8N2O2. The van der Waals surface area contributed by atoms with E-state index in [4.69, 9.17) is 0 Å². The van der Waals surface area contributed by atoms with Gasteiger partial charge in [-0.05, 0) is 0 Å². The van der Waals surface area contributed by atoms with Gasteiger partial charge in [-0.2, -0.15) is 0 Å². The molecule has 0 saturated heterocycles. The molecule has 10 heavy (non-hydrogen) atoms. The molecule has 0 aliphatic heterocycles. The van der Waals surface area contributed by atoms with Crippen molar-refractivity contribution in [2.24, 2.45) is 14.1 Å². The molecule has 0 spiro atoms. The van der Waals surface area contributed by atoms with Crippen molar-refractivity contribution in [2.45, 2.75) is 0 Å². The topological polar surface area (TPSA) is 48.9 Å².